The SMILES string of the molecule is COc1ccc(C(CN)Sc2nnc(C)s2)cc1. The summed E-state index contributed by atoms with van der Waals surface area (Å²) in [6.07, 6.45) is 0. The van der Waals surface area contributed by atoms with Gasteiger partial charge in [-0.25, -0.2) is 0 Å². The number of nitrogens with zero attached hydrogens (tertiary/aromatic N) is 2. The molecule has 6 heteroatoms. The summed E-state index contributed by atoms with van der Waals surface area (Å²) in [4.78, 5) is 0. The van der Waals surface area contributed by atoms with Crippen molar-refractivity contribution in [2.75, 3.05) is 13.7 Å². The summed E-state index contributed by atoms with van der Waals surface area (Å²) in [6, 6.07) is 7.97. The van der Waals surface area contributed by atoms with Crippen LogP contribution in [0.2, 0.25) is 0 Å². The normalized spacial score (nSPS) is 12.4. The van der Waals surface area contributed by atoms with Crippen LogP contribution in [-0.2, 0) is 0 Å². The van der Waals surface area contributed by atoms with Crippen LogP contribution in [0.15, 0.2) is 28.6 Å². The van der Waals surface area contributed by atoms with Crippen molar-refractivity contribution >= 4 is 23.1 Å². The number of benzene rings is 1. The predicted octanol–water partition coefficient (Wildman–Crippen LogP) is 2.65. The Bertz CT molecular complexity index is 498. The van der Waals surface area contributed by atoms with Crippen LogP contribution in [0.3, 0.4) is 0 Å². The van der Waals surface area contributed by atoms with E-state index in [9.17, 15) is 0 Å². The van der Waals surface area contributed by atoms with Crippen LogP contribution >= 0.6 is 23.1 Å². The first-order valence-electron chi connectivity index (χ1n) is 5.53. The number of methoxy groups -OCH3 is 1. The smallest absolute Gasteiger partial charge is 0.174 e. The van der Waals surface area contributed by atoms with E-state index in [0.717, 1.165) is 15.1 Å². The Hall–Kier alpha value is -1.11. The zero-order chi connectivity index (χ0) is 13.0. The molecule has 2 aromatic rings. The number of nitrogens with two attached hydrogens (primary N) is 1. The number of ether oxygens (including phenoxy) is 1. The van der Waals surface area contributed by atoms with Gasteiger partial charge in [-0.15, -0.1) is 10.2 Å². The van der Waals surface area contributed by atoms with Crippen molar-refractivity contribution < 1.29 is 4.74 Å². The van der Waals surface area contributed by atoms with Crippen molar-refractivity contribution in [2.45, 2.75) is 16.5 Å². The molecule has 0 aliphatic heterocycles. The van der Waals surface area contributed by atoms with E-state index in [4.69, 9.17) is 10.5 Å². The van der Waals surface area contributed by atoms with E-state index < -0.39 is 0 Å². The van der Waals surface area contributed by atoms with Crippen LogP contribution < -0.4 is 10.5 Å². The molecule has 0 bridgehead atoms. The number of thioether (sulfide) groups is 1. The van der Waals surface area contributed by atoms with Gasteiger partial charge in [0.2, 0.25) is 0 Å². The molecule has 96 valence electrons. The molecule has 0 aliphatic rings. The maximum Gasteiger partial charge on any atom is 0.174 e. The van der Waals surface area contributed by atoms with Crippen molar-refractivity contribution in [2.24, 2.45) is 5.73 Å². The molecule has 2 N–H and O–H groups in total. The first-order valence-corrected chi connectivity index (χ1v) is 7.23. The van der Waals surface area contributed by atoms with Crippen LogP contribution in [-0.4, -0.2) is 23.9 Å². The molecule has 1 heterocycles. The zero-order valence-electron chi connectivity index (χ0n) is 10.3. The van der Waals surface area contributed by atoms with Gasteiger partial charge in [0, 0.05) is 11.8 Å². The molecule has 0 fully saturated rings. The Morgan fingerprint density at radius 2 is 2.06 bits per heavy atom. The molecule has 1 aromatic heterocycles. The summed E-state index contributed by atoms with van der Waals surface area (Å²) in [6.45, 7) is 2.52. The van der Waals surface area contributed by atoms with Crippen LogP contribution in [0.1, 0.15) is 15.8 Å². The summed E-state index contributed by atoms with van der Waals surface area (Å²) < 4.78 is 6.10. The Morgan fingerprint density at radius 3 is 2.56 bits per heavy atom. The molecule has 4 nitrogen and oxygen atoms in total. The number of hydrogen-bond acceptors (Lipinski definition) is 6. The van der Waals surface area contributed by atoms with E-state index in [1.54, 1.807) is 30.2 Å². The highest BCUT2D eigenvalue weighted by atomic mass is 32.2. The molecule has 0 spiro atoms. The Balaban J connectivity index is 2.12. The van der Waals surface area contributed by atoms with Gasteiger partial charge in [0.05, 0.1) is 7.11 Å². The molecule has 0 amide bonds. The first kappa shape index (κ1) is 13.3. The molecule has 1 atom stereocenters. The Labute approximate surface area is 115 Å². The monoisotopic (exact) mass is 281 g/mol. The number of hydrogen-bond donors (Lipinski definition) is 1. The molecular weight excluding hydrogens is 266 g/mol. The zero-order valence-corrected chi connectivity index (χ0v) is 11.9. The second kappa shape index (κ2) is 6.17. The lowest BCUT2D eigenvalue weighted by atomic mass is 10.1. The van der Waals surface area contributed by atoms with Gasteiger partial charge in [0.1, 0.15) is 10.8 Å². The molecule has 18 heavy (non-hydrogen) atoms. The second-order valence-electron chi connectivity index (χ2n) is 3.70. The number of rotatable bonds is 5. The third-order valence-electron chi connectivity index (χ3n) is 2.45. The van der Waals surface area contributed by atoms with E-state index in [1.807, 2.05) is 31.2 Å². The maximum absolute atomic E-state index is 5.83. The molecule has 2 rings (SSSR count). The van der Waals surface area contributed by atoms with Crippen LogP contribution in [0, 0.1) is 6.92 Å². The van der Waals surface area contributed by atoms with E-state index in [2.05, 4.69) is 10.2 Å². The number of aryl methyl sites for hydroxylation is 1. The van der Waals surface area contributed by atoms with Crippen molar-refractivity contribution in [1.82, 2.24) is 10.2 Å². The van der Waals surface area contributed by atoms with Gasteiger partial charge in [0.25, 0.3) is 0 Å². The Kier molecular flexibility index (Phi) is 4.57. The van der Waals surface area contributed by atoms with Crippen LogP contribution in [0.25, 0.3) is 0 Å². The van der Waals surface area contributed by atoms with Crippen molar-refractivity contribution in [1.29, 1.82) is 0 Å². The van der Waals surface area contributed by atoms with E-state index in [-0.39, 0.29) is 5.25 Å². The third kappa shape index (κ3) is 3.22. The fraction of sp³-hybridized carbons (Fsp3) is 0.333. The van der Waals surface area contributed by atoms with Gasteiger partial charge in [-0.2, -0.15) is 0 Å². The highest BCUT2D eigenvalue weighted by molar-refractivity contribution is 8.01. The molecule has 1 unspecified atom stereocenters. The summed E-state index contributed by atoms with van der Waals surface area (Å²) in [5, 5.41) is 9.30. The van der Waals surface area contributed by atoms with E-state index in [1.165, 1.54) is 5.56 Å². The molecule has 0 saturated carbocycles. The minimum Gasteiger partial charge on any atom is -0.497 e. The molecular formula is C12H15N3OS2. The van der Waals surface area contributed by atoms with Gasteiger partial charge in [-0.1, -0.05) is 35.2 Å². The minimum atomic E-state index is 0.197. The first-order chi connectivity index (χ1) is 8.72. The van der Waals surface area contributed by atoms with Crippen molar-refractivity contribution in [3.63, 3.8) is 0 Å². The standard InChI is InChI=1S/C12H15N3OS2/c1-8-14-15-12(17-8)18-11(7-13)9-3-5-10(16-2)6-4-9/h3-6,11H,7,13H2,1-2H3. The van der Waals surface area contributed by atoms with Gasteiger partial charge in [-0.05, 0) is 24.6 Å². The molecule has 0 aliphatic carbocycles. The van der Waals surface area contributed by atoms with Gasteiger partial charge in [0.15, 0.2) is 4.34 Å². The van der Waals surface area contributed by atoms with E-state index >= 15 is 0 Å². The average Bonchev–Trinajstić information content (AvgIpc) is 2.82. The average molecular weight is 281 g/mol. The number of aromatic nitrogens is 2. The summed E-state index contributed by atoms with van der Waals surface area (Å²) in [5.74, 6) is 0.853. The lowest BCUT2D eigenvalue weighted by Gasteiger charge is -2.13. The summed E-state index contributed by atoms with van der Waals surface area (Å²) >= 11 is 3.25. The highest BCUT2D eigenvalue weighted by Gasteiger charge is 2.14. The maximum atomic E-state index is 5.83. The van der Waals surface area contributed by atoms with Gasteiger partial charge in [-0.3, -0.25) is 0 Å². The summed E-state index contributed by atoms with van der Waals surface area (Å²) in [5.41, 5.74) is 7.01. The lowest BCUT2D eigenvalue weighted by Crippen LogP contribution is -2.09. The fourth-order valence-corrected chi connectivity index (χ4v) is 3.56. The quantitative estimate of drug-likeness (QED) is 0.854. The van der Waals surface area contributed by atoms with Crippen molar-refractivity contribution in [3.8, 4) is 5.75 Å². The van der Waals surface area contributed by atoms with Gasteiger partial charge >= 0.3 is 0 Å². The van der Waals surface area contributed by atoms with Crippen LogP contribution in [0.5, 0.6) is 5.75 Å². The summed E-state index contributed by atoms with van der Waals surface area (Å²) in [7, 11) is 1.66. The minimum absolute atomic E-state index is 0.197. The second-order valence-corrected chi connectivity index (χ2v) is 6.33. The molecule has 0 saturated heterocycles. The lowest BCUT2D eigenvalue weighted by molar-refractivity contribution is 0.414. The molecule has 0 radical (unpaired) electrons. The third-order valence-corrected chi connectivity index (χ3v) is 4.66. The predicted molar refractivity (Wildman–Crippen MR) is 75.3 cm³/mol. The van der Waals surface area contributed by atoms with Gasteiger partial charge < -0.3 is 10.5 Å². The van der Waals surface area contributed by atoms with E-state index in [0.29, 0.717) is 6.54 Å². The van der Waals surface area contributed by atoms with Crippen LogP contribution in [0.4, 0.5) is 0 Å². The highest BCUT2D eigenvalue weighted by Crippen LogP contribution is 2.36. The fourth-order valence-electron chi connectivity index (χ4n) is 1.52. The topological polar surface area (TPSA) is 61.0 Å². The molecule has 1 aromatic carbocycles. The van der Waals surface area contributed by atoms with Crippen molar-refractivity contribution in [3.05, 3.63) is 34.8 Å². The Morgan fingerprint density at radius 1 is 1.33 bits per heavy atom. The largest absolute Gasteiger partial charge is 0.497 e.